The molecule has 1 heterocycles. The predicted molar refractivity (Wildman–Crippen MR) is 88.2 cm³/mol. The van der Waals surface area contributed by atoms with Crippen molar-refractivity contribution in [3.8, 4) is 5.75 Å². The van der Waals surface area contributed by atoms with E-state index in [0.29, 0.717) is 5.39 Å². The molecular formula is C18H14N2O2. The average molecular weight is 290 g/mol. The number of rotatable bonds is 2. The van der Waals surface area contributed by atoms with Gasteiger partial charge in [0.25, 0.3) is 0 Å². The van der Waals surface area contributed by atoms with Gasteiger partial charge in [-0.05, 0) is 23.2 Å². The summed E-state index contributed by atoms with van der Waals surface area (Å²) in [6, 6.07) is 17.5. The van der Waals surface area contributed by atoms with Crippen molar-refractivity contribution < 1.29 is 5.11 Å². The van der Waals surface area contributed by atoms with E-state index in [9.17, 15) is 10.0 Å². The van der Waals surface area contributed by atoms with E-state index in [1.807, 2.05) is 36.4 Å². The molecule has 3 aromatic rings. The number of hydrogen-bond donors (Lipinski definition) is 1. The summed E-state index contributed by atoms with van der Waals surface area (Å²) < 4.78 is 0. The molecule has 0 atom stereocenters. The van der Waals surface area contributed by atoms with E-state index in [0.717, 1.165) is 29.7 Å². The molecule has 1 aliphatic rings. The van der Waals surface area contributed by atoms with Crippen LogP contribution in [0.3, 0.4) is 0 Å². The molecule has 0 spiro atoms. The highest BCUT2D eigenvalue weighted by Gasteiger charge is 2.23. The summed E-state index contributed by atoms with van der Waals surface area (Å²) in [5.41, 5.74) is 3.46. The van der Waals surface area contributed by atoms with Crippen molar-refractivity contribution in [1.82, 2.24) is 0 Å². The second kappa shape index (κ2) is 4.84. The molecule has 1 N–H and O–H groups in total. The van der Waals surface area contributed by atoms with E-state index in [-0.39, 0.29) is 11.4 Å². The molecule has 0 saturated carbocycles. The maximum atomic E-state index is 11.0. The van der Waals surface area contributed by atoms with E-state index >= 15 is 0 Å². The van der Waals surface area contributed by atoms with Gasteiger partial charge < -0.3 is 10.0 Å². The molecule has 4 nitrogen and oxygen atoms in total. The van der Waals surface area contributed by atoms with Gasteiger partial charge in [-0.3, -0.25) is 0 Å². The van der Waals surface area contributed by atoms with Gasteiger partial charge in [-0.25, -0.2) is 0 Å². The summed E-state index contributed by atoms with van der Waals surface area (Å²) in [6.07, 6.45) is 0.971. The Kier molecular flexibility index (Phi) is 2.82. The minimum atomic E-state index is -0.0759. The molecule has 0 unspecified atom stereocenters. The van der Waals surface area contributed by atoms with Gasteiger partial charge in [-0.1, -0.05) is 42.5 Å². The summed E-state index contributed by atoms with van der Waals surface area (Å²) in [5.74, 6) is -0.0759. The summed E-state index contributed by atoms with van der Waals surface area (Å²) in [6.45, 7) is 0.858. The Balaban J connectivity index is 1.99. The molecule has 3 aromatic carbocycles. The lowest BCUT2D eigenvalue weighted by atomic mass is 10.0. The van der Waals surface area contributed by atoms with E-state index in [4.69, 9.17) is 0 Å². The summed E-state index contributed by atoms with van der Waals surface area (Å²) in [7, 11) is 0. The molecule has 0 saturated heterocycles. The van der Waals surface area contributed by atoms with Crippen molar-refractivity contribution in [2.45, 2.75) is 6.42 Å². The zero-order valence-corrected chi connectivity index (χ0v) is 11.9. The number of phenols is 1. The maximum absolute atomic E-state index is 11.0. The number of aromatic hydroxyl groups is 1. The third kappa shape index (κ3) is 1.77. The zero-order chi connectivity index (χ0) is 15.1. The van der Waals surface area contributed by atoms with Crippen LogP contribution < -0.4 is 4.90 Å². The SMILES string of the molecule is O=Nc1c(O)cc(N2CCc3ccccc32)c2ccccc12. The Morgan fingerprint density at radius 3 is 2.50 bits per heavy atom. The van der Waals surface area contributed by atoms with Crippen LogP contribution in [0.4, 0.5) is 17.1 Å². The Labute approximate surface area is 127 Å². The summed E-state index contributed by atoms with van der Waals surface area (Å²) >= 11 is 0. The van der Waals surface area contributed by atoms with Crippen molar-refractivity contribution in [3.63, 3.8) is 0 Å². The fourth-order valence-electron chi connectivity index (χ4n) is 3.23. The first-order valence-corrected chi connectivity index (χ1v) is 7.23. The number of hydrogen-bond acceptors (Lipinski definition) is 4. The fraction of sp³-hybridized carbons (Fsp3) is 0.111. The molecule has 22 heavy (non-hydrogen) atoms. The van der Waals surface area contributed by atoms with Crippen LogP contribution in [0.5, 0.6) is 5.75 Å². The van der Waals surface area contributed by atoms with Crippen molar-refractivity contribution in [1.29, 1.82) is 0 Å². The average Bonchev–Trinajstić information content (AvgIpc) is 2.98. The molecule has 4 heteroatoms. The van der Waals surface area contributed by atoms with Crippen molar-refractivity contribution in [2.75, 3.05) is 11.4 Å². The standard InChI is InChI=1S/C18H14N2O2/c21-17-11-16(13-6-2-3-7-14(13)18(17)19-22)20-10-9-12-5-1-4-8-15(12)20/h1-8,11,21H,9-10H2. The van der Waals surface area contributed by atoms with Gasteiger partial charge >= 0.3 is 0 Å². The van der Waals surface area contributed by atoms with Gasteiger partial charge in [0.2, 0.25) is 0 Å². The van der Waals surface area contributed by atoms with Gasteiger partial charge in [0, 0.05) is 29.1 Å². The Morgan fingerprint density at radius 2 is 1.68 bits per heavy atom. The second-order valence-electron chi connectivity index (χ2n) is 5.43. The minimum absolute atomic E-state index is 0.0759. The first-order valence-electron chi connectivity index (χ1n) is 7.23. The highest BCUT2D eigenvalue weighted by Crippen LogP contribution is 2.44. The largest absolute Gasteiger partial charge is 0.505 e. The van der Waals surface area contributed by atoms with Crippen LogP contribution in [0.1, 0.15) is 5.56 Å². The van der Waals surface area contributed by atoms with Crippen molar-refractivity contribution >= 4 is 27.8 Å². The topological polar surface area (TPSA) is 52.9 Å². The lowest BCUT2D eigenvalue weighted by Gasteiger charge is -2.22. The molecule has 1 aliphatic heterocycles. The molecule has 0 bridgehead atoms. The Hall–Kier alpha value is -2.88. The highest BCUT2D eigenvalue weighted by atomic mass is 16.3. The summed E-state index contributed by atoms with van der Waals surface area (Å²) in [4.78, 5) is 13.2. The molecule has 0 fully saturated rings. The molecule has 0 radical (unpaired) electrons. The van der Waals surface area contributed by atoms with Gasteiger partial charge in [0.15, 0.2) is 5.69 Å². The van der Waals surface area contributed by atoms with Crippen LogP contribution in [-0.4, -0.2) is 11.7 Å². The minimum Gasteiger partial charge on any atom is -0.505 e. The van der Waals surface area contributed by atoms with Crippen molar-refractivity contribution in [2.24, 2.45) is 5.18 Å². The Bertz CT molecular complexity index is 889. The van der Waals surface area contributed by atoms with Crippen LogP contribution >= 0.6 is 0 Å². The third-order valence-electron chi connectivity index (χ3n) is 4.24. The second-order valence-corrected chi connectivity index (χ2v) is 5.43. The number of nitrogens with zero attached hydrogens (tertiary/aromatic N) is 2. The van der Waals surface area contributed by atoms with Crippen LogP contribution in [0.25, 0.3) is 10.8 Å². The maximum Gasteiger partial charge on any atom is 0.157 e. The molecule has 0 aliphatic carbocycles. The Morgan fingerprint density at radius 1 is 0.955 bits per heavy atom. The van der Waals surface area contributed by atoms with Crippen LogP contribution in [-0.2, 0) is 6.42 Å². The van der Waals surface area contributed by atoms with Gasteiger partial charge in [-0.15, -0.1) is 4.91 Å². The zero-order valence-electron chi connectivity index (χ0n) is 11.9. The smallest absolute Gasteiger partial charge is 0.157 e. The van der Waals surface area contributed by atoms with Gasteiger partial charge in [-0.2, -0.15) is 0 Å². The van der Waals surface area contributed by atoms with Crippen LogP contribution in [0.15, 0.2) is 59.8 Å². The van der Waals surface area contributed by atoms with Crippen LogP contribution in [0, 0.1) is 4.91 Å². The molecule has 0 amide bonds. The quantitative estimate of drug-likeness (QED) is 0.700. The molecular weight excluding hydrogens is 276 g/mol. The van der Waals surface area contributed by atoms with E-state index in [1.54, 1.807) is 6.07 Å². The van der Waals surface area contributed by atoms with Gasteiger partial charge in [0.05, 0.1) is 5.69 Å². The van der Waals surface area contributed by atoms with E-state index in [1.165, 1.54) is 5.56 Å². The lowest BCUT2D eigenvalue weighted by Crippen LogP contribution is -2.13. The van der Waals surface area contributed by atoms with Crippen LogP contribution in [0.2, 0.25) is 0 Å². The number of benzene rings is 3. The lowest BCUT2D eigenvalue weighted by molar-refractivity contribution is 0.477. The first-order chi connectivity index (χ1) is 10.8. The van der Waals surface area contributed by atoms with E-state index in [2.05, 4.69) is 22.2 Å². The highest BCUT2D eigenvalue weighted by molar-refractivity contribution is 6.05. The van der Waals surface area contributed by atoms with Gasteiger partial charge in [0.1, 0.15) is 5.75 Å². The normalized spacial score (nSPS) is 13.4. The monoisotopic (exact) mass is 290 g/mol. The number of para-hydroxylation sites is 1. The molecule has 4 rings (SSSR count). The summed E-state index contributed by atoms with van der Waals surface area (Å²) in [5, 5.41) is 14.8. The van der Waals surface area contributed by atoms with E-state index < -0.39 is 0 Å². The molecule has 108 valence electrons. The number of nitroso groups, excluding NO2 is 1. The third-order valence-corrected chi connectivity index (χ3v) is 4.24. The number of phenolic OH excluding ortho intramolecular Hbond substituents is 1. The number of fused-ring (bicyclic) bond motifs is 2. The number of anilines is 2. The predicted octanol–water partition coefficient (Wildman–Crippen LogP) is 4.64. The first kappa shape index (κ1) is 12.8. The van der Waals surface area contributed by atoms with Crippen molar-refractivity contribution in [3.05, 3.63) is 65.1 Å². The fourth-order valence-corrected chi connectivity index (χ4v) is 3.23. The molecule has 0 aromatic heterocycles.